The molecule has 100 valence electrons. The third kappa shape index (κ3) is 2.81. The van der Waals surface area contributed by atoms with Crippen molar-refractivity contribution in [3.8, 4) is 5.88 Å². The molecule has 2 aromatic rings. The second-order valence-corrected chi connectivity index (χ2v) is 3.82. The molecule has 9 nitrogen and oxygen atoms in total. The van der Waals surface area contributed by atoms with Gasteiger partial charge in [0.2, 0.25) is 5.88 Å². The van der Waals surface area contributed by atoms with Crippen LogP contribution in [-0.4, -0.2) is 43.4 Å². The van der Waals surface area contributed by atoms with Crippen LogP contribution >= 0.6 is 0 Å². The first-order chi connectivity index (χ1) is 9.11. The van der Waals surface area contributed by atoms with Crippen LogP contribution in [-0.2, 0) is 7.05 Å². The van der Waals surface area contributed by atoms with E-state index in [-0.39, 0.29) is 17.6 Å². The van der Waals surface area contributed by atoms with E-state index in [1.54, 1.807) is 20.0 Å². The molecular weight excluding hydrogens is 250 g/mol. The second kappa shape index (κ2) is 5.38. The van der Waals surface area contributed by atoms with Crippen molar-refractivity contribution in [2.24, 2.45) is 7.05 Å². The molecule has 0 spiro atoms. The van der Waals surface area contributed by atoms with Crippen LogP contribution in [0.1, 0.15) is 29.3 Å². The Balaban J connectivity index is 2.06. The molecule has 9 heteroatoms. The van der Waals surface area contributed by atoms with Crippen molar-refractivity contribution in [1.82, 2.24) is 35.7 Å². The molecule has 0 aromatic carbocycles. The van der Waals surface area contributed by atoms with E-state index in [1.807, 2.05) is 0 Å². The maximum atomic E-state index is 11.9. The number of hydrogen-bond acceptors (Lipinski definition) is 7. The molecule has 0 saturated heterocycles. The molecular formula is C10H13N7O2. The minimum atomic E-state index is -0.356. The zero-order chi connectivity index (χ0) is 13.8. The second-order valence-electron chi connectivity index (χ2n) is 3.82. The smallest absolute Gasteiger partial charge is 0.272 e. The van der Waals surface area contributed by atoms with Crippen LogP contribution in [0, 0.1) is 0 Å². The van der Waals surface area contributed by atoms with Crippen molar-refractivity contribution in [3.63, 3.8) is 0 Å². The summed E-state index contributed by atoms with van der Waals surface area (Å²) in [7, 11) is 3.18. The summed E-state index contributed by atoms with van der Waals surface area (Å²) in [6.07, 6.45) is 0. The molecule has 0 saturated carbocycles. The number of rotatable bonds is 4. The van der Waals surface area contributed by atoms with E-state index in [4.69, 9.17) is 4.74 Å². The van der Waals surface area contributed by atoms with Gasteiger partial charge in [-0.25, -0.2) is 4.68 Å². The fraction of sp³-hybridized carbons (Fsp3) is 0.400. The number of aromatic nitrogens is 6. The Bertz CT molecular complexity index is 566. The lowest BCUT2D eigenvalue weighted by Gasteiger charge is -2.11. The minimum absolute atomic E-state index is 0.197. The molecule has 0 aliphatic carbocycles. The molecule has 1 unspecified atom stereocenters. The largest absolute Gasteiger partial charge is 0.480 e. The molecule has 2 rings (SSSR count). The molecule has 0 fully saturated rings. The van der Waals surface area contributed by atoms with E-state index in [0.29, 0.717) is 11.7 Å². The van der Waals surface area contributed by atoms with Gasteiger partial charge in [0.15, 0.2) is 11.5 Å². The summed E-state index contributed by atoms with van der Waals surface area (Å²) in [5.74, 6) is 0.544. The minimum Gasteiger partial charge on any atom is -0.480 e. The predicted octanol–water partition coefficient (Wildman–Crippen LogP) is -0.500. The number of carbonyl (C=O) groups excluding carboxylic acids is 1. The molecule has 2 aromatic heterocycles. The first-order valence-corrected chi connectivity index (χ1v) is 5.52. The van der Waals surface area contributed by atoms with Crippen molar-refractivity contribution in [2.75, 3.05) is 7.11 Å². The Morgan fingerprint density at radius 1 is 1.37 bits per heavy atom. The van der Waals surface area contributed by atoms with Gasteiger partial charge in [-0.15, -0.1) is 15.3 Å². The Morgan fingerprint density at radius 3 is 2.68 bits per heavy atom. The average molecular weight is 263 g/mol. The van der Waals surface area contributed by atoms with Crippen molar-refractivity contribution in [3.05, 3.63) is 23.7 Å². The van der Waals surface area contributed by atoms with Gasteiger partial charge in [-0.05, 0) is 23.4 Å². The Hall–Kier alpha value is -2.58. The Kier molecular flexibility index (Phi) is 3.64. The Labute approximate surface area is 109 Å². The lowest BCUT2D eigenvalue weighted by molar-refractivity contribution is 0.0931. The van der Waals surface area contributed by atoms with Crippen LogP contribution in [0.3, 0.4) is 0 Å². The normalized spacial score (nSPS) is 11.9. The van der Waals surface area contributed by atoms with Crippen LogP contribution in [0.15, 0.2) is 12.1 Å². The highest BCUT2D eigenvalue weighted by atomic mass is 16.5. The number of nitrogens with one attached hydrogen (secondary N) is 1. The van der Waals surface area contributed by atoms with E-state index in [2.05, 4.69) is 31.0 Å². The summed E-state index contributed by atoms with van der Waals surface area (Å²) in [6, 6.07) is 2.76. The summed E-state index contributed by atoms with van der Waals surface area (Å²) < 4.78 is 6.36. The topological polar surface area (TPSA) is 108 Å². The first-order valence-electron chi connectivity index (χ1n) is 5.52. The van der Waals surface area contributed by atoms with Crippen LogP contribution in [0.25, 0.3) is 0 Å². The number of carbonyl (C=O) groups is 1. The summed E-state index contributed by atoms with van der Waals surface area (Å²) in [4.78, 5) is 11.9. The monoisotopic (exact) mass is 263 g/mol. The fourth-order valence-corrected chi connectivity index (χ4v) is 1.49. The van der Waals surface area contributed by atoms with Gasteiger partial charge in [0.1, 0.15) is 0 Å². The van der Waals surface area contributed by atoms with Gasteiger partial charge in [0.25, 0.3) is 5.91 Å². The molecule has 0 bridgehead atoms. The van der Waals surface area contributed by atoms with Gasteiger partial charge in [-0.2, -0.15) is 0 Å². The number of methoxy groups -OCH3 is 1. The summed E-state index contributed by atoms with van der Waals surface area (Å²) in [6.45, 7) is 1.78. The van der Waals surface area contributed by atoms with E-state index in [0.717, 1.165) is 0 Å². The zero-order valence-electron chi connectivity index (χ0n) is 10.7. The van der Waals surface area contributed by atoms with Crippen LogP contribution in [0.5, 0.6) is 5.88 Å². The number of amides is 1. The SMILES string of the molecule is COc1ccc(C(=O)NC(C)c2nnnn2C)nn1. The summed E-state index contributed by atoms with van der Waals surface area (Å²) >= 11 is 0. The fourth-order valence-electron chi connectivity index (χ4n) is 1.49. The van der Waals surface area contributed by atoms with E-state index >= 15 is 0 Å². The van der Waals surface area contributed by atoms with E-state index in [9.17, 15) is 4.79 Å². The lowest BCUT2D eigenvalue weighted by atomic mass is 10.3. The molecule has 0 radical (unpaired) electrons. The molecule has 1 atom stereocenters. The maximum absolute atomic E-state index is 11.9. The van der Waals surface area contributed by atoms with Crippen LogP contribution < -0.4 is 10.1 Å². The third-order valence-corrected chi connectivity index (χ3v) is 2.47. The molecule has 2 heterocycles. The average Bonchev–Trinajstić information content (AvgIpc) is 2.85. The van der Waals surface area contributed by atoms with Gasteiger partial charge in [-0.3, -0.25) is 4.79 Å². The van der Waals surface area contributed by atoms with Crippen molar-refractivity contribution >= 4 is 5.91 Å². The van der Waals surface area contributed by atoms with Crippen molar-refractivity contribution in [1.29, 1.82) is 0 Å². The highest BCUT2D eigenvalue weighted by Gasteiger charge is 2.17. The van der Waals surface area contributed by atoms with E-state index < -0.39 is 0 Å². The van der Waals surface area contributed by atoms with Crippen LogP contribution in [0.4, 0.5) is 0 Å². The van der Waals surface area contributed by atoms with Gasteiger partial charge in [-0.1, -0.05) is 0 Å². The van der Waals surface area contributed by atoms with Gasteiger partial charge < -0.3 is 10.1 Å². The van der Waals surface area contributed by atoms with E-state index in [1.165, 1.54) is 17.9 Å². The molecule has 19 heavy (non-hydrogen) atoms. The quantitative estimate of drug-likeness (QED) is 0.792. The highest BCUT2D eigenvalue weighted by molar-refractivity contribution is 5.92. The number of aryl methyl sites for hydroxylation is 1. The standard InChI is InChI=1S/C10H13N7O2/c1-6(9-14-15-16-17(9)2)11-10(18)7-4-5-8(19-3)13-12-7/h4-6H,1-3H3,(H,11,18). The third-order valence-electron chi connectivity index (χ3n) is 2.47. The lowest BCUT2D eigenvalue weighted by Crippen LogP contribution is -2.29. The molecule has 0 aliphatic heterocycles. The summed E-state index contributed by atoms with van der Waals surface area (Å²) in [5, 5.41) is 21.3. The molecule has 0 aliphatic rings. The van der Waals surface area contributed by atoms with Gasteiger partial charge in [0.05, 0.1) is 13.2 Å². The van der Waals surface area contributed by atoms with Crippen molar-refractivity contribution < 1.29 is 9.53 Å². The number of tetrazole rings is 1. The number of nitrogens with zero attached hydrogens (tertiary/aromatic N) is 6. The first kappa shape index (κ1) is 12.9. The van der Waals surface area contributed by atoms with Gasteiger partial charge in [0, 0.05) is 13.1 Å². The van der Waals surface area contributed by atoms with Crippen molar-refractivity contribution in [2.45, 2.75) is 13.0 Å². The Morgan fingerprint density at radius 2 is 2.16 bits per heavy atom. The highest BCUT2D eigenvalue weighted by Crippen LogP contribution is 2.08. The molecule has 1 amide bonds. The number of hydrogen-bond donors (Lipinski definition) is 1. The maximum Gasteiger partial charge on any atom is 0.272 e. The van der Waals surface area contributed by atoms with Crippen LogP contribution in [0.2, 0.25) is 0 Å². The predicted molar refractivity (Wildman–Crippen MR) is 63.3 cm³/mol. The zero-order valence-corrected chi connectivity index (χ0v) is 10.7. The molecule has 1 N–H and O–H groups in total. The van der Waals surface area contributed by atoms with Gasteiger partial charge >= 0.3 is 0 Å². The number of ether oxygens (including phenoxy) is 1. The summed E-state index contributed by atoms with van der Waals surface area (Å²) in [5.41, 5.74) is 0.197.